The van der Waals surface area contributed by atoms with E-state index in [9.17, 15) is 13.2 Å². The third kappa shape index (κ3) is 7.61. The fourth-order valence-electron chi connectivity index (χ4n) is 5.51. The fourth-order valence-corrected chi connectivity index (χ4v) is 6.07. The summed E-state index contributed by atoms with van der Waals surface area (Å²) in [4.78, 5) is 17.7. The van der Waals surface area contributed by atoms with E-state index in [1.165, 1.54) is 12.7 Å². The van der Waals surface area contributed by atoms with Gasteiger partial charge in [-0.1, -0.05) is 81.4 Å². The van der Waals surface area contributed by atoms with Crippen LogP contribution in [0.1, 0.15) is 48.9 Å². The number of anilines is 3. The van der Waals surface area contributed by atoms with Gasteiger partial charge in [-0.25, -0.2) is 13.2 Å². The monoisotopic (exact) mass is 622 g/mol. The number of urea groups is 1. The summed E-state index contributed by atoms with van der Waals surface area (Å²) in [6.45, 7) is 6.02. The second-order valence-corrected chi connectivity index (χ2v) is 13.8. The van der Waals surface area contributed by atoms with E-state index in [1.54, 1.807) is 12.1 Å². The number of nitrogens with zero attached hydrogens (tertiary/aromatic N) is 1. The first-order valence-corrected chi connectivity index (χ1v) is 16.6. The Morgan fingerprint density at radius 3 is 2.09 bits per heavy atom. The molecule has 0 aliphatic heterocycles. The summed E-state index contributed by atoms with van der Waals surface area (Å²) in [5, 5.41) is 7.83. The average molecular weight is 623 g/mol. The number of ether oxygens (including phenoxy) is 1. The van der Waals surface area contributed by atoms with E-state index in [1.807, 2.05) is 75.6 Å². The minimum Gasteiger partial charge on any atom is -0.492 e. The number of hydrogen-bond acceptors (Lipinski definition) is 5. The van der Waals surface area contributed by atoms with Crippen molar-refractivity contribution in [2.45, 2.75) is 38.5 Å². The fraction of sp³-hybridized carbons (Fsp3) is 0.222. The Morgan fingerprint density at radius 2 is 1.44 bits per heavy atom. The van der Waals surface area contributed by atoms with Gasteiger partial charge in [-0.05, 0) is 69.8 Å². The van der Waals surface area contributed by atoms with Gasteiger partial charge in [0.2, 0.25) is 10.0 Å². The predicted molar refractivity (Wildman–Crippen MR) is 183 cm³/mol. The Kier molecular flexibility index (Phi) is 9.11. The molecule has 0 radical (unpaired) electrons. The molecule has 2 amide bonds. The lowest BCUT2D eigenvalue weighted by atomic mass is 9.83. The van der Waals surface area contributed by atoms with Crippen molar-refractivity contribution < 1.29 is 17.9 Å². The van der Waals surface area contributed by atoms with Crippen LogP contribution in [0, 0.1) is 0 Å². The molecule has 232 valence electrons. The summed E-state index contributed by atoms with van der Waals surface area (Å²) in [7, 11) is -2.17. The zero-order valence-electron chi connectivity index (χ0n) is 26.1. The molecule has 0 spiro atoms. The Balaban J connectivity index is 1.51. The zero-order chi connectivity index (χ0) is 32.2. The van der Waals surface area contributed by atoms with E-state index >= 15 is 0 Å². The first-order chi connectivity index (χ1) is 21.4. The molecule has 4 aromatic carbocycles. The van der Waals surface area contributed by atoms with Gasteiger partial charge < -0.3 is 15.4 Å². The van der Waals surface area contributed by atoms with E-state index in [0.717, 1.165) is 40.1 Å². The van der Waals surface area contributed by atoms with Gasteiger partial charge in [0, 0.05) is 23.7 Å². The number of carbonyl (C=O) groups is 1. The van der Waals surface area contributed by atoms with Crippen molar-refractivity contribution in [1.29, 1.82) is 0 Å². The molecular formula is C36H38N4O4S. The molecule has 0 bridgehead atoms. The molecule has 5 aromatic rings. The second kappa shape index (κ2) is 13.0. The third-order valence-corrected chi connectivity index (χ3v) is 8.27. The summed E-state index contributed by atoms with van der Waals surface area (Å²) in [5.41, 5.74) is 5.24. The maximum absolute atomic E-state index is 13.5. The zero-order valence-corrected chi connectivity index (χ0v) is 26.9. The number of methoxy groups -OCH3 is 1. The average Bonchev–Trinajstić information content (AvgIpc) is 3.00. The van der Waals surface area contributed by atoms with Crippen LogP contribution in [0.3, 0.4) is 0 Å². The van der Waals surface area contributed by atoms with Gasteiger partial charge in [-0.15, -0.1) is 0 Å². The van der Waals surface area contributed by atoms with Crippen molar-refractivity contribution in [2.24, 2.45) is 0 Å². The van der Waals surface area contributed by atoms with E-state index < -0.39 is 16.1 Å². The van der Waals surface area contributed by atoms with Crippen molar-refractivity contribution in [3.8, 4) is 5.75 Å². The highest BCUT2D eigenvalue weighted by molar-refractivity contribution is 7.92. The van der Waals surface area contributed by atoms with E-state index in [-0.39, 0.29) is 22.8 Å². The number of fused-ring (bicyclic) bond motifs is 1. The van der Waals surface area contributed by atoms with Crippen molar-refractivity contribution in [1.82, 2.24) is 4.98 Å². The lowest BCUT2D eigenvalue weighted by Gasteiger charge is -2.24. The summed E-state index contributed by atoms with van der Waals surface area (Å²) in [5.74, 6) is 0.276. The molecule has 0 aliphatic rings. The molecule has 1 heterocycles. The predicted octanol–water partition coefficient (Wildman–Crippen LogP) is 7.93. The topological polar surface area (TPSA) is 109 Å². The van der Waals surface area contributed by atoms with Crippen molar-refractivity contribution in [3.05, 3.63) is 126 Å². The number of pyridine rings is 1. The van der Waals surface area contributed by atoms with Crippen LogP contribution in [-0.2, 0) is 21.9 Å². The van der Waals surface area contributed by atoms with Gasteiger partial charge in [0.25, 0.3) is 0 Å². The van der Waals surface area contributed by atoms with E-state index in [4.69, 9.17) is 4.74 Å². The number of benzene rings is 4. The summed E-state index contributed by atoms with van der Waals surface area (Å²) < 4.78 is 32.3. The lowest BCUT2D eigenvalue weighted by molar-refractivity contribution is 0.262. The SMILES string of the molecule is COc1c(NC(=O)Nc2ccc(C(Cc3ccccc3)c3ccncc3)c3ccccc23)cc(C(C)(C)C)cc1NS(C)(=O)=O. The van der Waals surface area contributed by atoms with Crippen molar-refractivity contribution in [3.63, 3.8) is 0 Å². The number of amides is 2. The first-order valence-electron chi connectivity index (χ1n) is 14.7. The Bertz CT molecular complexity index is 1920. The minimum absolute atomic E-state index is 0.0633. The van der Waals surface area contributed by atoms with Crippen molar-refractivity contribution in [2.75, 3.05) is 28.7 Å². The van der Waals surface area contributed by atoms with Gasteiger partial charge >= 0.3 is 6.03 Å². The summed E-state index contributed by atoms with van der Waals surface area (Å²) >= 11 is 0. The number of rotatable bonds is 9. The molecule has 3 N–H and O–H groups in total. The highest BCUT2D eigenvalue weighted by Crippen LogP contribution is 2.40. The lowest BCUT2D eigenvalue weighted by Crippen LogP contribution is -2.22. The molecule has 0 aliphatic carbocycles. The van der Waals surface area contributed by atoms with Crippen LogP contribution in [0.5, 0.6) is 5.75 Å². The maximum Gasteiger partial charge on any atom is 0.323 e. The van der Waals surface area contributed by atoms with Crippen LogP contribution in [-0.4, -0.2) is 32.8 Å². The van der Waals surface area contributed by atoms with Gasteiger partial charge in [0.15, 0.2) is 5.75 Å². The van der Waals surface area contributed by atoms with E-state index in [0.29, 0.717) is 11.4 Å². The molecular weight excluding hydrogens is 584 g/mol. The van der Waals surface area contributed by atoms with Crippen molar-refractivity contribution >= 4 is 43.9 Å². The third-order valence-electron chi connectivity index (χ3n) is 7.68. The van der Waals surface area contributed by atoms with Crippen LogP contribution in [0.4, 0.5) is 21.9 Å². The van der Waals surface area contributed by atoms with Crippen LogP contribution < -0.4 is 20.1 Å². The summed E-state index contributed by atoms with van der Waals surface area (Å²) in [6, 6.07) is 29.5. The summed E-state index contributed by atoms with van der Waals surface area (Å²) in [6.07, 6.45) is 5.50. The minimum atomic E-state index is -3.60. The number of sulfonamides is 1. The molecule has 9 heteroatoms. The molecule has 1 unspecified atom stereocenters. The van der Waals surface area contributed by atoms with Crippen LogP contribution in [0.25, 0.3) is 10.8 Å². The highest BCUT2D eigenvalue weighted by atomic mass is 32.2. The molecule has 8 nitrogen and oxygen atoms in total. The van der Waals surface area contributed by atoms with E-state index in [2.05, 4.69) is 56.7 Å². The smallest absolute Gasteiger partial charge is 0.323 e. The number of aromatic nitrogens is 1. The Labute approximate surface area is 264 Å². The largest absolute Gasteiger partial charge is 0.492 e. The molecule has 0 saturated carbocycles. The Hall–Kier alpha value is -4.89. The Morgan fingerprint density at radius 1 is 0.822 bits per heavy atom. The second-order valence-electron chi connectivity index (χ2n) is 12.1. The number of carbonyl (C=O) groups excluding carboxylic acids is 1. The van der Waals surface area contributed by atoms with Gasteiger partial charge in [-0.3, -0.25) is 9.71 Å². The van der Waals surface area contributed by atoms with Crippen LogP contribution in [0.15, 0.2) is 103 Å². The van der Waals surface area contributed by atoms with Gasteiger partial charge in [0.05, 0.1) is 30.4 Å². The molecule has 0 fully saturated rings. The van der Waals surface area contributed by atoms with Crippen LogP contribution >= 0.6 is 0 Å². The molecule has 5 rings (SSSR count). The number of nitrogens with one attached hydrogen (secondary N) is 3. The normalized spacial score (nSPS) is 12.4. The quantitative estimate of drug-likeness (QED) is 0.155. The molecule has 0 saturated heterocycles. The molecule has 1 atom stereocenters. The standard InChI is InChI=1S/C36H38N4O4S/c1-36(2,3)26-22-32(34(44-4)33(23-26)40-45(5,42)43)39-35(41)38-31-16-15-28(27-13-9-10-14-29(27)31)30(25-17-19-37-20-18-25)21-24-11-7-6-8-12-24/h6-20,22-23,30,40H,21H2,1-5H3,(H2,38,39,41). The molecule has 1 aromatic heterocycles. The first kappa shape index (κ1) is 31.5. The number of hydrogen-bond donors (Lipinski definition) is 3. The van der Waals surface area contributed by atoms with Crippen LogP contribution in [0.2, 0.25) is 0 Å². The van der Waals surface area contributed by atoms with Gasteiger partial charge in [0.1, 0.15) is 0 Å². The molecule has 45 heavy (non-hydrogen) atoms. The maximum atomic E-state index is 13.5. The highest BCUT2D eigenvalue weighted by Gasteiger charge is 2.23. The van der Waals surface area contributed by atoms with Gasteiger partial charge in [-0.2, -0.15) is 0 Å².